The van der Waals surface area contributed by atoms with Gasteiger partial charge in [0.15, 0.2) is 0 Å². The van der Waals surface area contributed by atoms with Gasteiger partial charge in [0.1, 0.15) is 5.75 Å². The molecule has 18 heavy (non-hydrogen) atoms. The molecule has 1 aromatic carbocycles. The smallest absolute Gasteiger partial charge is 0.227 e. The molecule has 0 aromatic heterocycles. The maximum atomic E-state index is 12.3. The van der Waals surface area contributed by atoms with Crippen LogP contribution in [-0.2, 0) is 16.0 Å². The predicted octanol–water partition coefficient (Wildman–Crippen LogP) is 1.57. The molecule has 4 nitrogen and oxygen atoms in total. The van der Waals surface area contributed by atoms with E-state index >= 15 is 0 Å². The molecule has 1 fully saturated rings. The molecular formula is C14H19NO3. The third-order valence-corrected chi connectivity index (χ3v) is 3.21. The van der Waals surface area contributed by atoms with Crippen LogP contribution in [0.25, 0.3) is 0 Å². The number of phenolic OH excluding ortho intramolecular Hbond substituents is 1. The topological polar surface area (TPSA) is 49.8 Å². The van der Waals surface area contributed by atoms with Gasteiger partial charge in [-0.15, -0.1) is 0 Å². The van der Waals surface area contributed by atoms with E-state index < -0.39 is 0 Å². The van der Waals surface area contributed by atoms with Crippen LogP contribution in [0.2, 0.25) is 0 Å². The van der Waals surface area contributed by atoms with Crippen LogP contribution in [0.4, 0.5) is 0 Å². The minimum absolute atomic E-state index is 0.0777. The lowest BCUT2D eigenvalue weighted by Gasteiger charge is -2.42. The molecule has 1 aromatic rings. The Bertz CT molecular complexity index is 442. The first-order valence-electron chi connectivity index (χ1n) is 6.15. The van der Waals surface area contributed by atoms with E-state index in [1.54, 1.807) is 18.2 Å². The zero-order chi connectivity index (χ0) is 13.2. The Hall–Kier alpha value is -1.55. The molecule has 2 rings (SSSR count). The molecule has 1 amide bonds. The summed E-state index contributed by atoms with van der Waals surface area (Å²) in [6.07, 6.45) is 0.317. The average molecular weight is 249 g/mol. The van der Waals surface area contributed by atoms with Crippen molar-refractivity contribution in [3.05, 3.63) is 29.8 Å². The summed E-state index contributed by atoms with van der Waals surface area (Å²) in [5, 5.41) is 9.39. The van der Waals surface area contributed by atoms with E-state index in [1.807, 2.05) is 24.8 Å². The van der Waals surface area contributed by atoms with Gasteiger partial charge in [0.05, 0.1) is 25.2 Å². The van der Waals surface area contributed by atoms with Crippen molar-refractivity contribution < 1.29 is 14.6 Å². The highest BCUT2D eigenvalue weighted by Crippen LogP contribution is 2.21. The van der Waals surface area contributed by atoms with Gasteiger partial charge < -0.3 is 14.7 Å². The van der Waals surface area contributed by atoms with Gasteiger partial charge in [-0.05, 0) is 31.5 Å². The lowest BCUT2D eigenvalue weighted by molar-refractivity contribution is -0.145. The quantitative estimate of drug-likeness (QED) is 0.865. The number of morpholine rings is 1. The largest absolute Gasteiger partial charge is 0.508 e. The Morgan fingerprint density at radius 3 is 2.94 bits per heavy atom. The van der Waals surface area contributed by atoms with Crippen molar-refractivity contribution in [1.82, 2.24) is 4.90 Å². The molecular weight excluding hydrogens is 230 g/mol. The number of amides is 1. The first-order chi connectivity index (χ1) is 8.49. The first kappa shape index (κ1) is 12.9. The van der Waals surface area contributed by atoms with E-state index in [0.29, 0.717) is 26.2 Å². The molecule has 0 bridgehead atoms. The minimum Gasteiger partial charge on any atom is -0.508 e. The van der Waals surface area contributed by atoms with Crippen LogP contribution in [0.15, 0.2) is 24.3 Å². The van der Waals surface area contributed by atoms with E-state index in [-0.39, 0.29) is 17.2 Å². The molecule has 98 valence electrons. The molecule has 1 heterocycles. The van der Waals surface area contributed by atoms with Gasteiger partial charge >= 0.3 is 0 Å². The zero-order valence-corrected chi connectivity index (χ0v) is 10.8. The summed E-state index contributed by atoms with van der Waals surface area (Å²) >= 11 is 0. The van der Waals surface area contributed by atoms with Crippen LogP contribution in [0, 0.1) is 0 Å². The Labute approximate surface area is 107 Å². The summed E-state index contributed by atoms with van der Waals surface area (Å²) in [5.74, 6) is 0.274. The monoisotopic (exact) mass is 249 g/mol. The molecule has 0 saturated carbocycles. The van der Waals surface area contributed by atoms with E-state index in [0.717, 1.165) is 5.56 Å². The summed E-state index contributed by atoms with van der Waals surface area (Å²) < 4.78 is 5.40. The van der Waals surface area contributed by atoms with Gasteiger partial charge in [0, 0.05) is 6.54 Å². The second-order valence-corrected chi connectivity index (χ2v) is 5.26. The fourth-order valence-corrected chi connectivity index (χ4v) is 2.26. The number of carbonyl (C=O) groups excluding carboxylic acids is 1. The standard InChI is InChI=1S/C14H19NO3/c1-14(2)10-18-7-6-15(14)13(17)9-11-4-3-5-12(16)8-11/h3-5,8,16H,6-7,9-10H2,1-2H3. The number of rotatable bonds is 2. The first-order valence-corrected chi connectivity index (χ1v) is 6.15. The second kappa shape index (κ2) is 4.98. The van der Waals surface area contributed by atoms with Crippen LogP contribution in [-0.4, -0.2) is 41.2 Å². The minimum atomic E-state index is -0.258. The van der Waals surface area contributed by atoms with Crippen LogP contribution in [0.1, 0.15) is 19.4 Å². The van der Waals surface area contributed by atoms with E-state index in [9.17, 15) is 9.90 Å². The predicted molar refractivity (Wildman–Crippen MR) is 68.4 cm³/mol. The van der Waals surface area contributed by atoms with E-state index in [2.05, 4.69) is 0 Å². The number of nitrogens with zero attached hydrogens (tertiary/aromatic N) is 1. The number of phenols is 1. The van der Waals surface area contributed by atoms with Crippen molar-refractivity contribution in [2.45, 2.75) is 25.8 Å². The molecule has 0 atom stereocenters. The average Bonchev–Trinajstić information content (AvgIpc) is 2.28. The van der Waals surface area contributed by atoms with Crippen molar-refractivity contribution >= 4 is 5.91 Å². The van der Waals surface area contributed by atoms with Crippen molar-refractivity contribution in [2.24, 2.45) is 0 Å². The van der Waals surface area contributed by atoms with Crippen LogP contribution in [0.5, 0.6) is 5.75 Å². The summed E-state index contributed by atoms with van der Waals surface area (Å²) in [5.41, 5.74) is 0.578. The normalized spacial score (nSPS) is 18.7. The molecule has 1 aliphatic heterocycles. The number of hydrogen-bond acceptors (Lipinski definition) is 3. The lowest BCUT2D eigenvalue weighted by atomic mass is 10.0. The second-order valence-electron chi connectivity index (χ2n) is 5.26. The van der Waals surface area contributed by atoms with Crippen LogP contribution in [0.3, 0.4) is 0 Å². The van der Waals surface area contributed by atoms with Gasteiger partial charge in [-0.1, -0.05) is 12.1 Å². The maximum absolute atomic E-state index is 12.3. The molecule has 1 N–H and O–H groups in total. The Morgan fingerprint density at radius 1 is 1.50 bits per heavy atom. The zero-order valence-electron chi connectivity index (χ0n) is 10.8. The van der Waals surface area contributed by atoms with Gasteiger partial charge in [-0.2, -0.15) is 0 Å². The maximum Gasteiger partial charge on any atom is 0.227 e. The van der Waals surface area contributed by atoms with E-state index in [1.165, 1.54) is 0 Å². The highest BCUT2D eigenvalue weighted by Gasteiger charge is 2.33. The molecule has 0 aliphatic carbocycles. The van der Waals surface area contributed by atoms with Gasteiger partial charge in [0.2, 0.25) is 5.91 Å². The summed E-state index contributed by atoms with van der Waals surface area (Å²) in [7, 11) is 0. The summed E-state index contributed by atoms with van der Waals surface area (Å²) in [4.78, 5) is 14.1. The number of aromatic hydroxyl groups is 1. The number of carbonyl (C=O) groups is 1. The summed E-state index contributed by atoms with van der Waals surface area (Å²) in [6, 6.07) is 6.84. The van der Waals surface area contributed by atoms with Gasteiger partial charge in [-0.3, -0.25) is 4.79 Å². The third kappa shape index (κ3) is 2.82. The van der Waals surface area contributed by atoms with Gasteiger partial charge in [0.25, 0.3) is 0 Å². The van der Waals surface area contributed by atoms with E-state index in [4.69, 9.17) is 4.74 Å². The fraction of sp³-hybridized carbons (Fsp3) is 0.500. The molecule has 1 aliphatic rings. The van der Waals surface area contributed by atoms with Crippen molar-refractivity contribution in [1.29, 1.82) is 0 Å². The van der Waals surface area contributed by atoms with Crippen molar-refractivity contribution in [2.75, 3.05) is 19.8 Å². The molecule has 4 heteroatoms. The Kier molecular flexibility index (Phi) is 3.57. The van der Waals surface area contributed by atoms with Gasteiger partial charge in [-0.25, -0.2) is 0 Å². The lowest BCUT2D eigenvalue weighted by Crippen LogP contribution is -2.55. The number of benzene rings is 1. The van der Waals surface area contributed by atoms with Crippen LogP contribution < -0.4 is 0 Å². The highest BCUT2D eigenvalue weighted by atomic mass is 16.5. The number of ether oxygens (including phenoxy) is 1. The Morgan fingerprint density at radius 2 is 2.28 bits per heavy atom. The number of hydrogen-bond donors (Lipinski definition) is 1. The molecule has 0 unspecified atom stereocenters. The highest BCUT2D eigenvalue weighted by molar-refractivity contribution is 5.79. The molecule has 1 saturated heterocycles. The van der Waals surface area contributed by atoms with Crippen molar-refractivity contribution in [3.8, 4) is 5.75 Å². The summed E-state index contributed by atoms with van der Waals surface area (Å²) in [6.45, 7) is 5.80. The Balaban J connectivity index is 2.07. The molecule has 0 spiro atoms. The SMILES string of the molecule is CC1(C)COCCN1C(=O)Cc1cccc(O)c1. The third-order valence-electron chi connectivity index (χ3n) is 3.21. The fourth-order valence-electron chi connectivity index (χ4n) is 2.26. The van der Waals surface area contributed by atoms with Crippen LogP contribution >= 0.6 is 0 Å². The van der Waals surface area contributed by atoms with Crippen molar-refractivity contribution in [3.63, 3.8) is 0 Å². The molecule has 0 radical (unpaired) electrons.